The first-order chi connectivity index (χ1) is 8.56. The van der Waals surface area contributed by atoms with Crippen LogP contribution in [0.25, 0.3) is 6.08 Å². The molecule has 1 amide bonds. The minimum absolute atomic E-state index is 0.0530. The lowest BCUT2D eigenvalue weighted by Gasteiger charge is -2.25. The first kappa shape index (κ1) is 12.8. The van der Waals surface area contributed by atoms with Gasteiger partial charge in [-0.25, -0.2) is 4.79 Å². The van der Waals surface area contributed by atoms with E-state index in [-0.39, 0.29) is 5.91 Å². The molecule has 0 bridgehead atoms. The van der Waals surface area contributed by atoms with E-state index >= 15 is 0 Å². The molecule has 0 atom stereocenters. The smallest absolute Gasteiger partial charge is 0.328 e. The van der Waals surface area contributed by atoms with E-state index in [1.807, 2.05) is 6.92 Å². The van der Waals surface area contributed by atoms with Crippen LogP contribution in [0.3, 0.4) is 0 Å². The van der Waals surface area contributed by atoms with E-state index in [2.05, 4.69) is 5.32 Å². The SMILES string of the molecule is Cc1cc(C(=O)NC2CCC2)sc1C=CC(=O)O. The Morgan fingerprint density at radius 2 is 2.22 bits per heavy atom. The number of aryl methyl sites for hydroxylation is 1. The molecule has 2 N–H and O–H groups in total. The highest BCUT2D eigenvalue weighted by molar-refractivity contribution is 7.15. The highest BCUT2D eigenvalue weighted by Crippen LogP contribution is 2.25. The van der Waals surface area contributed by atoms with E-state index in [9.17, 15) is 9.59 Å². The molecule has 0 unspecified atom stereocenters. The molecule has 1 fully saturated rings. The number of carboxylic acids is 1. The molecule has 1 aromatic heterocycles. The predicted molar refractivity (Wildman–Crippen MR) is 70.8 cm³/mol. The summed E-state index contributed by atoms with van der Waals surface area (Å²) in [6, 6.07) is 2.12. The van der Waals surface area contributed by atoms with Crippen LogP contribution in [0.5, 0.6) is 0 Å². The Bertz CT molecular complexity index is 500. The molecule has 4 nitrogen and oxygen atoms in total. The standard InChI is InChI=1S/C13H15NO3S/c1-8-7-11(13(17)14-9-3-2-4-9)18-10(8)5-6-12(15)16/h5-7,9H,2-4H2,1H3,(H,14,17)(H,15,16). The van der Waals surface area contributed by atoms with Crippen LogP contribution in [-0.4, -0.2) is 23.0 Å². The number of carbonyl (C=O) groups is 2. The minimum atomic E-state index is -0.983. The molecule has 0 radical (unpaired) electrons. The van der Waals surface area contributed by atoms with Gasteiger partial charge in [0.2, 0.25) is 0 Å². The Morgan fingerprint density at radius 3 is 2.78 bits per heavy atom. The first-order valence-electron chi connectivity index (χ1n) is 5.88. The molecular weight excluding hydrogens is 250 g/mol. The zero-order valence-electron chi connectivity index (χ0n) is 10.1. The second-order valence-electron chi connectivity index (χ2n) is 4.43. The summed E-state index contributed by atoms with van der Waals surface area (Å²) >= 11 is 1.32. The van der Waals surface area contributed by atoms with E-state index < -0.39 is 5.97 Å². The monoisotopic (exact) mass is 265 g/mol. The maximum absolute atomic E-state index is 11.9. The molecule has 1 aliphatic carbocycles. The number of amides is 1. The van der Waals surface area contributed by atoms with Crippen LogP contribution < -0.4 is 5.32 Å². The maximum Gasteiger partial charge on any atom is 0.328 e. The molecule has 1 aromatic rings. The summed E-state index contributed by atoms with van der Waals surface area (Å²) in [5.41, 5.74) is 0.927. The lowest BCUT2D eigenvalue weighted by molar-refractivity contribution is -0.131. The van der Waals surface area contributed by atoms with Gasteiger partial charge in [0, 0.05) is 17.0 Å². The van der Waals surface area contributed by atoms with Gasteiger partial charge < -0.3 is 10.4 Å². The fourth-order valence-corrected chi connectivity index (χ4v) is 2.71. The molecule has 1 aliphatic rings. The van der Waals surface area contributed by atoms with Crippen LogP contribution in [0.4, 0.5) is 0 Å². The van der Waals surface area contributed by atoms with Crippen molar-refractivity contribution in [2.24, 2.45) is 0 Å². The Morgan fingerprint density at radius 1 is 1.50 bits per heavy atom. The van der Waals surface area contributed by atoms with Crippen LogP contribution >= 0.6 is 11.3 Å². The molecule has 0 saturated heterocycles. The zero-order valence-corrected chi connectivity index (χ0v) is 10.9. The van der Waals surface area contributed by atoms with Crippen LogP contribution in [-0.2, 0) is 4.79 Å². The van der Waals surface area contributed by atoms with Crippen molar-refractivity contribution in [3.8, 4) is 0 Å². The third-order valence-corrected chi connectivity index (χ3v) is 4.20. The minimum Gasteiger partial charge on any atom is -0.478 e. The van der Waals surface area contributed by atoms with Gasteiger partial charge in [-0.05, 0) is 43.9 Å². The molecule has 96 valence electrons. The Labute approximate surface area is 109 Å². The second-order valence-corrected chi connectivity index (χ2v) is 5.51. The topological polar surface area (TPSA) is 66.4 Å². The molecule has 2 rings (SSSR count). The number of hydrogen-bond donors (Lipinski definition) is 2. The molecule has 5 heteroatoms. The highest BCUT2D eigenvalue weighted by atomic mass is 32.1. The molecule has 18 heavy (non-hydrogen) atoms. The number of carbonyl (C=O) groups excluding carboxylic acids is 1. The van der Waals surface area contributed by atoms with Gasteiger partial charge in [0.1, 0.15) is 0 Å². The average molecular weight is 265 g/mol. The van der Waals surface area contributed by atoms with E-state index in [1.165, 1.54) is 23.8 Å². The third-order valence-electron chi connectivity index (χ3n) is 3.00. The number of hydrogen-bond acceptors (Lipinski definition) is 3. The lowest BCUT2D eigenvalue weighted by Crippen LogP contribution is -2.39. The largest absolute Gasteiger partial charge is 0.478 e. The summed E-state index contributed by atoms with van der Waals surface area (Å²) in [4.78, 5) is 23.8. The number of thiophene rings is 1. The molecule has 0 aromatic carbocycles. The van der Waals surface area contributed by atoms with E-state index in [0.717, 1.165) is 29.4 Å². The number of aliphatic carboxylic acids is 1. The van der Waals surface area contributed by atoms with Crippen molar-refractivity contribution >= 4 is 29.3 Å². The van der Waals surface area contributed by atoms with Crippen LogP contribution in [0.1, 0.15) is 39.4 Å². The van der Waals surface area contributed by atoms with Gasteiger partial charge in [-0.2, -0.15) is 0 Å². The summed E-state index contributed by atoms with van der Waals surface area (Å²) in [7, 11) is 0. The summed E-state index contributed by atoms with van der Waals surface area (Å²) < 4.78 is 0. The Hall–Kier alpha value is -1.62. The average Bonchev–Trinajstić information content (AvgIpc) is 2.62. The van der Waals surface area contributed by atoms with Crippen molar-refractivity contribution in [2.45, 2.75) is 32.2 Å². The van der Waals surface area contributed by atoms with E-state index in [4.69, 9.17) is 5.11 Å². The number of nitrogens with one attached hydrogen (secondary N) is 1. The molecule has 1 heterocycles. The summed E-state index contributed by atoms with van der Waals surface area (Å²) in [6.45, 7) is 1.87. The number of carboxylic acid groups (broad SMARTS) is 1. The summed E-state index contributed by atoms with van der Waals surface area (Å²) in [5, 5.41) is 11.5. The van der Waals surface area contributed by atoms with Gasteiger partial charge in [-0.3, -0.25) is 4.79 Å². The zero-order chi connectivity index (χ0) is 13.1. The Kier molecular flexibility index (Phi) is 3.81. The molecule has 0 aliphatic heterocycles. The van der Waals surface area contributed by atoms with Crippen molar-refractivity contribution in [2.75, 3.05) is 0 Å². The number of rotatable bonds is 4. The lowest BCUT2D eigenvalue weighted by atomic mass is 9.93. The predicted octanol–water partition coefficient (Wildman–Crippen LogP) is 2.44. The molecular formula is C13H15NO3S. The summed E-state index contributed by atoms with van der Waals surface area (Å²) in [6.07, 6.45) is 5.92. The molecule has 0 spiro atoms. The van der Waals surface area contributed by atoms with Crippen molar-refractivity contribution < 1.29 is 14.7 Å². The van der Waals surface area contributed by atoms with E-state index in [0.29, 0.717) is 10.9 Å². The van der Waals surface area contributed by atoms with Gasteiger partial charge >= 0.3 is 5.97 Å². The van der Waals surface area contributed by atoms with Crippen LogP contribution in [0.15, 0.2) is 12.1 Å². The highest BCUT2D eigenvalue weighted by Gasteiger charge is 2.21. The molecule has 1 saturated carbocycles. The van der Waals surface area contributed by atoms with Crippen molar-refractivity contribution in [1.29, 1.82) is 0 Å². The van der Waals surface area contributed by atoms with Crippen molar-refractivity contribution in [3.63, 3.8) is 0 Å². The fourth-order valence-electron chi connectivity index (χ4n) is 1.73. The van der Waals surface area contributed by atoms with Crippen LogP contribution in [0, 0.1) is 6.92 Å². The van der Waals surface area contributed by atoms with Crippen LogP contribution in [0.2, 0.25) is 0 Å². The Balaban J connectivity index is 2.07. The summed E-state index contributed by atoms with van der Waals surface area (Å²) in [5.74, 6) is -1.04. The van der Waals surface area contributed by atoms with Crippen molar-refractivity contribution in [3.05, 3.63) is 27.5 Å². The second kappa shape index (κ2) is 5.35. The van der Waals surface area contributed by atoms with E-state index in [1.54, 1.807) is 6.07 Å². The van der Waals surface area contributed by atoms with Gasteiger partial charge in [0.05, 0.1) is 4.88 Å². The van der Waals surface area contributed by atoms with Crippen molar-refractivity contribution in [1.82, 2.24) is 5.32 Å². The maximum atomic E-state index is 11.9. The van der Waals surface area contributed by atoms with Gasteiger partial charge in [-0.1, -0.05) is 0 Å². The first-order valence-corrected chi connectivity index (χ1v) is 6.70. The fraction of sp³-hybridized carbons (Fsp3) is 0.385. The van der Waals surface area contributed by atoms with Gasteiger partial charge in [0.15, 0.2) is 0 Å². The quantitative estimate of drug-likeness (QED) is 0.822. The van der Waals surface area contributed by atoms with Gasteiger partial charge in [-0.15, -0.1) is 11.3 Å². The normalized spacial score (nSPS) is 15.6. The van der Waals surface area contributed by atoms with Gasteiger partial charge in [0.25, 0.3) is 5.91 Å². The third kappa shape index (κ3) is 2.98.